The Labute approximate surface area is 144 Å². The molecule has 0 unspecified atom stereocenters. The van der Waals surface area contributed by atoms with Crippen LogP contribution in [0.25, 0.3) is 0 Å². The summed E-state index contributed by atoms with van der Waals surface area (Å²) in [7, 11) is 0. The lowest BCUT2D eigenvalue weighted by molar-refractivity contribution is -0.111. The Morgan fingerprint density at radius 2 is 1.70 bits per heavy atom. The van der Waals surface area contributed by atoms with Gasteiger partial charge in [0.15, 0.2) is 5.78 Å². The molecule has 2 aliphatic rings. The molecular weight excluding hydrogens is 350 g/mol. The average Bonchev–Trinajstić information content (AvgIpc) is 2.57. The van der Waals surface area contributed by atoms with E-state index in [1.807, 2.05) is 67.1 Å². The van der Waals surface area contributed by atoms with Crippen molar-refractivity contribution in [3.63, 3.8) is 0 Å². The van der Waals surface area contributed by atoms with E-state index in [4.69, 9.17) is 0 Å². The molecule has 3 rings (SSSR count). The van der Waals surface area contributed by atoms with E-state index in [0.29, 0.717) is 5.57 Å². The van der Waals surface area contributed by atoms with Gasteiger partial charge in [0.2, 0.25) is 0 Å². The van der Waals surface area contributed by atoms with E-state index >= 15 is 0 Å². The van der Waals surface area contributed by atoms with E-state index in [1.165, 1.54) is 5.56 Å². The summed E-state index contributed by atoms with van der Waals surface area (Å²) in [6.45, 7) is 0.814. The number of benzene rings is 1. The Morgan fingerprint density at radius 3 is 2.43 bits per heavy atom. The number of allylic oxidation sites excluding steroid dienone is 10. The second kappa shape index (κ2) is 7.25. The molecule has 2 nitrogen and oxygen atoms in total. The highest BCUT2D eigenvalue weighted by Crippen LogP contribution is 2.20. The molecule has 114 valence electrons. The van der Waals surface area contributed by atoms with Crippen molar-refractivity contribution >= 4 is 21.7 Å². The highest BCUT2D eigenvalue weighted by atomic mass is 79.9. The van der Waals surface area contributed by atoms with Gasteiger partial charge in [-0.3, -0.25) is 4.79 Å². The van der Waals surface area contributed by atoms with Gasteiger partial charge < -0.3 is 4.90 Å². The van der Waals surface area contributed by atoms with Crippen LogP contribution >= 0.6 is 15.9 Å². The molecule has 0 fully saturated rings. The minimum Gasteiger partial charge on any atom is -0.350 e. The van der Waals surface area contributed by atoms with Crippen molar-refractivity contribution in [2.75, 3.05) is 0 Å². The predicted octanol–water partition coefficient (Wildman–Crippen LogP) is 4.84. The third kappa shape index (κ3) is 4.08. The molecule has 1 heterocycles. The van der Waals surface area contributed by atoms with Crippen LogP contribution in [0.4, 0.5) is 0 Å². The van der Waals surface area contributed by atoms with Crippen LogP contribution in [0.5, 0.6) is 0 Å². The maximum atomic E-state index is 11.7. The zero-order valence-corrected chi connectivity index (χ0v) is 14.1. The van der Waals surface area contributed by atoms with Gasteiger partial charge in [0, 0.05) is 29.0 Å². The van der Waals surface area contributed by atoms with Gasteiger partial charge in [-0.05, 0) is 35.4 Å². The summed E-state index contributed by atoms with van der Waals surface area (Å²) in [5.41, 5.74) is 3.01. The predicted molar refractivity (Wildman–Crippen MR) is 97.4 cm³/mol. The number of carbonyl (C=O) groups is 1. The highest BCUT2D eigenvalue weighted by molar-refractivity contribution is 9.10. The normalized spacial score (nSPS) is 18.1. The monoisotopic (exact) mass is 365 g/mol. The third-order valence-corrected chi connectivity index (χ3v) is 4.38. The maximum absolute atomic E-state index is 11.7. The van der Waals surface area contributed by atoms with Gasteiger partial charge in [0.05, 0.1) is 0 Å². The fourth-order valence-electron chi connectivity index (χ4n) is 2.31. The highest BCUT2D eigenvalue weighted by Gasteiger charge is 2.06. The van der Waals surface area contributed by atoms with Gasteiger partial charge >= 0.3 is 0 Å². The lowest BCUT2D eigenvalue weighted by Gasteiger charge is -2.19. The van der Waals surface area contributed by atoms with Gasteiger partial charge in [0.1, 0.15) is 0 Å². The van der Waals surface area contributed by atoms with Crippen molar-refractivity contribution < 1.29 is 4.79 Å². The largest absolute Gasteiger partial charge is 0.350 e. The van der Waals surface area contributed by atoms with Crippen molar-refractivity contribution in [2.24, 2.45) is 0 Å². The summed E-state index contributed by atoms with van der Waals surface area (Å²) in [6.07, 6.45) is 19.0. The Bertz CT molecular complexity index is 778. The topological polar surface area (TPSA) is 20.3 Å². The summed E-state index contributed by atoms with van der Waals surface area (Å²) < 4.78 is 1.11. The maximum Gasteiger partial charge on any atom is 0.185 e. The van der Waals surface area contributed by atoms with Crippen LogP contribution in [0.2, 0.25) is 0 Å². The number of rotatable bonds is 3. The van der Waals surface area contributed by atoms with E-state index in [2.05, 4.69) is 26.9 Å². The first kappa shape index (κ1) is 15.5. The third-order valence-electron chi connectivity index (χ3n) is 3.60. The molecule has 0 atom stereocenters. The van der Waals surface area contributed by atoms with Crippen LogP contribution in [0.1, 0.15) is 5.56 Å². The minimum absolute atomic E-state index is 0.0451. The summed E-state index contributed by atoms with van der Waals surface area (Å²) >= 11 is 3.57. The smallest absolute Gasteiger partial charge is 0.185 e. The van der Waals surface area contributed by atoms with Crippen LogP contribution < -0.4 is 0 Å². The number of hydrogen-bond acceptors (Lipinski definition) is 2. The van der Waals surface area contributed by atoms with Gasteiger partial charge in [-0.15, -0.1) is 0 Å². The lowest BCUT2D eigenvalue weighted by atomic mass is 10.0. The average molecular weight is 366 g/mol. The van der Waals surface area contributed by atoms with Crippen molar-refractivity contribution in [3.05, 3.63) is 106 Å². The first-order valence-electron chi connectivity index (χ1n) is 7.39. The van der Waals surface area contributed by atoms with E-state index in [-0.39, 0.29) is 5.78 Å². The van der Waals surface area contributed by atoms with Crippen LogP contribution in [-0.4, -0.2) is 10.7 Å². The van der Waals surface area contributed by atoms with E-state index in [1.54, 1.807) is 12.2 Å². The molecule has 1 aromatic carbocycles. The molecule has 0 radical (unpaired) electrons. The zero-order valence-electron chi connectivity index (χ0n) is 12.5. The molecule has 0 bridgehead atoms. The Kier molecular flexibility index (Phi) is 4.89. The van der Waals surface area contributed by atoms with Gasteiger partial charge in [0.25, 0.3) is 0 Å². The summed E-state index contributed by atoms with van der Waals surface area (Å²) in [5, 5.41) is 0. The molecule has 0 saturated carbocycles. The van der Waals surface area contributed by atoms with E-state index < -0.39 is 0 Å². The van der Waals surface area contributed by atoms with Crippen molar-refractivity contribution in [1.29, 1.82) is 0 Å². The van der Waals surface area contributed by atoms with Crippen LogP contribution in [-0.2, 0) is 11.3 Å². The van der Waals surface area contributed by atoms with Crippen LogP contribution in [0.15, 0.2) is 101 Å². The molecule has 1 aliphatic heterocycles. The standard InChI is InChI=1S/C20H16BrNO/c21-19-7-3-1-6-18(19)15-22-13-11-16(12-14-22)9-10-17-5-2-4-8-20(17)23/h1-14H,15H2. The fourth-order valence-corrected chi connectivity index (χ4v) is 2.72. The molecule has 0 spiro atoms. The lowest BCUT2D eigenvalue weighted by Crippen LogP contribution is -2.11. The van der Waals surface area contributed by atoms with Gasteiger partial charge in [-0.25, -0.2) is 0 Å². The van der Waals surface area contributed by atoms with Crippen LogP contribution in [0, 0.1) is 0 Å². The molecule has 0 aromatic heterocycles. The van der Waals surface area contributed by atoms with Crippen molar-refractivity contribution in [2.45, 2.75) is 6.54 Å². The zero-order chi connectivity index (χ0) is 16.1. The van der Waals surface area contributed by atoms with Crippen molar-refractivity contribution in [3.8, 4) is 0 Å². The molecule has 0 saturated heterocycles. The van der Waals surface area contributed by atoms with E-state index in [9.17, 15) is 4.79 Å². The second-order valence-electron chi connectivity index (χ2n) is 5.27. The molecular formula is C20H16BrNO. The summed E-state index contributed by atoms with van der Waals surface area (Å²) in [4.78, 5) is 13.8. The summed E-state index contributed by atoms with van der Waals surface area (Å²) in [5.74, 6) is 0.0451. The first-order chi connectivity index (χ1) is 11.2. The molecule has 0 amide bonds. The SMILES string of the molecule is O=C1C=CC=CC1=CC=C1C=CN(Cc2ccccc2Br)C=C1. The molecule has 3 heteroatoms. The number of nitrogens with zero attached hydrogens (tertiary/aromatic N) is 1. The summed E-state index contributed by atoms with van der Waals surface area (Å²) in [6, 6.07) is 8.21. The van der Waals surface area contributed by atoms with E-state index in [0.717, 1.165) is 16.6 Å². The first-order valence-corrected chi connectivity index (χ1v) is 8.18. The number of halogens is 1. The molecule has 0 N–H and O–H groups in total. The Balaban J connectivity index is 1.66. The number of carbonyl (C=O) groups excluding carboxylic acids is 1. The molecule has 23 heavy (non-hydrogen) atoms. The van der Waals surface area contributed by atoms with Gasteiger partial charge in [-0.2, -0.15) is 0 Å². The molecule has 1 aliphatic carbocycles. The van der Waals surface area contributed by atoms with Crippen molar-refractivity contribution in [1.82, 2.24) is 4.90 Å². The fraction of sp³-hybridized carbons (Fsp3) is 0.0500. The number of ketones is 1. The minimum atomic E-state index is 0.0451. The quantitative estimate of drug-likeness (QED) is 0.714. The van der Waals surface area contributed by atoms with Gasteiger partial charge in [-0.1, -0.05) is 64.5 Å². The Hall–Kier alpha value is -2.39. The Morgan fingerprint density at radius 1 is 0.957 bits per heavy atom. The number of hydrogen-bond donors (Lipinski definition) is 0. The van der Waals surface area contributed by atoms with Crippen LogP contribution in [0.3, 0.4) is 0 Å². The second-order valence-corrected chi connectivity index (χ2v) is 6.12. The molecule has 1 aromatic rings.